The summed E-state index contributed by atoms with van der Waals surface area (Å²) in [6.45, 7) is 21.6. The number of fused-ring (bicyclic) bond motifs is 5. The Hall–Kier alpha value is -1.55. The summed E-state index contributed by atoms with van der Waals surface area (Å²) in [6, 6.07) is 7.21. The molecule has 0 aromatic heterocycles. The first-order valence-electron chi connectivity index (χ1n) is 16.1. The highest BCUT2D eigenvalue weighted by Crippen LogP contribution is 2.64. The number of aryl methyl sites for hydroxylation is 1. The fourth-order valence-electron chi connectivity index (χ4n) is 9.82. The summed E-state index contributed by atoms with van der Waals surface area (Å²) in [6.07, 6.45) is 12.6. The van der Waals surface area contributed by atoms with Crippen LogP contribution < -0.4 is 4.43 Å². The molecule has 1 aromatic rings. The van der Waals surface area contributed by atoms with Crippen molar-refractivity contribution in [2.45, 2.75) is 130 Å². The fourth-order valence-corrected chi connectivity index (χ4v) is 15.1. The molecular weight excluding hydrogens is 496 g/mol. The second kappa shape index (κ2) is 12.1. The first kappa shape index (κ1) is 30.4. The molecule has 218 valence electrons. The molecule has 0 heterocycles. The Morgan fingerprint density at radius 3 is 2.36 bits per heavy atom. The van der Waals surface area contributed by atoms with Crippen molar-refractivity contribution in [1.82, 2.24) is 0 Å². The smallest absolute Gasteiger partial charge is 0.309 e. The van der Waals surface area contributed by atoms with Gasteiger partial charge in [0.25, 0.3) is 8.32 Å². The predicted molar refractivity (Wildman–Crippen MR) is 166 cm³/mol. The van der Waals surface area contributed by atoms with Crippen molar-refractivity contribution in [1.29, 1.82) is 0 Å². The Morgan fingerprint density at radius 2 is 1.72 bits per heavy atom. The van der Waals surface area contributed by atoms with Gasteiger partial charge in [-0.2, -0.15) is 0 Å². The first-order valence-corrected chi connectivity index (χ1v) is 18.2. The number of ether oxygens (including phenoxy) is 1. The molecule has 4 rings (SSSR count). The van der Waals surface area contributed by atoms with Gasteiger partial charge in [0.05, 0.1) is 13.0 Å². The van der Waals surface area contributed by atoms with Crippen molar-refractivity contribution in [2.75, 3.05) is 6.61 Å². The quantitative estimate of drug-likeness (QED) is 0.165. The number of benzene rings is 1. The lowest BCUT2D eigenvalue weighted by atomic mass is 9.53. The van der Waals surface area contributed by atoms with Crippen LogP contribution >= 0.6 is 0 Å². The normalized spacial score (nSPS) is 29.4. The maximum atomic E-state index is 11.8. The molecule has 3 nitrogen and oxygen atoms in total. The van der Waals surface area contributed by atoms with Crippen LogP contribution in [0.4, 0.5) is 0 Å². The number of esters is 1. The number of carbonyl (C=O) groups excluding carboxylic acids is 1. The topological polar surface area (TPSA) is 35.5 Å². The molecule has 6 atom stereocenters. The monoisotopic (exact) mass is 552 g/mol. The highest BCUT2D eigenvalue weighted by atomic mass is 28.4. The summed E-state index contributed by atoms with van der Waals surface area (Å²) < 4.78 is 12.2. The van der Waals surface area contributed by atoms with Crippen molar-refractivity contribution in [3.05, 3.63) is 41.5 Å². The highest BCUT2D eigenvalue weighted by molar-refractivity contribution is 6.78. The van der Waals surface area contributed by atoms with Crippen LogP contribution in [0.15, 0.2) is 30.4 Å². The minimum atomic E-state index is -1.95. The molecule has 0 N–H and O–H groups in total. The second-order valence-electron chi connectivity index (χ2n) is 14.2. The van der Waals surface area contributed by atoms with Gasteiger partial charge in [-0.1, -0.05) is 73.6 Å². The average molecular weight is 553 g/mol. The summed E-state index contributed by atoms with van der Waals surface area (Å²) >= 11 is 0. The lowest BCUT2D eigenvalue weighted by molar-refractivity contribution is -0.142. The van der Waals surface area contributed by atoms with Gasteiger partial charge in [0.15, 0.2) is 0 Å². The Morgan fingerprint density at radius 1 is 1.03 bits per heavy atom. The van der Waals surface area contributed by atoms with E-state index in [4.69, 9.17) is 9.16 Å². The van der Waals surface area contributed by atoms with Crippen LogP contribution in [-0.2, 0) is 16.0 Å². The van der Waals surface area contributed by atoms with Crippen LogP contribution in [0.5, 0.6) is 5.75 Å². The van der Waals surface area contributed by atoms with E-state index in [1.807, 2.05) is 6.92 Å². The van der Waals surface area contributed by atoms with Crippen molar-refractivity contribution in [2.24, 2.45) is 29.1 Å². The molecule has 39 heavy (non-hydrogen) atoms. The van der Waals surface area contributed by atoms with E-state index < -0.39 is 8.32 Å². The molecule has 3 aliphatic rings. The SMILES string of the molecule is CCOC(=O)C/C=C/[C@@H](C)[C@H]1CC[C@H]2[C@@H]3CCc4cc(O[Si](C(C)C)(C(C)C)C(C)C)ccc4[C@H]3CC[C@]12C. The predicted octanol–water partition coefficient (Wildman–Crippen LogP) is 9.86. The summed E-state index contributed by atoms with van der Waals surface area (Å²) in [5, 5.41) is 0. The second-order valence-corrected chi connectivity index (χ2v) is 19.6. The van der Waals surface area contributed by atoms with Gasteiger partial charge in [-0.25, -0.2) is 0 Å². The van der Waals surface area contributed by atoms with Gasteiger partial charge < -0.3 is 9.16 Å². The van der Waals surface area contributed by atoms with E-state index in [2.05, 4.69) is 85.7 Å². The molecule has 0 radical (unpaired) electrons. The Labute approximate surface area is 240 Å². The van der Waals surface area contributed by atoms with Gasteiger partial charge in [0, 0.05) is 0 Å². The van der Waals surface area contributed by atoms with Gasteiger partial charge in [0.1, 0.15) is 5.75 Å². The molecule has 0 aliphatic heterocycles. The summed E-state index contributed by atoms with van der Waals surface area (Å²) in [5.41, 5.74) is 5.36. The Kier molecular flexibility index (Phi) is 9.46. The number of hydrogen-bond acceptors (Lipinski definition) is 3. The van der Waals surface area contributed by atoms with E-state index in [9.17, 15) is 4.79 Å². The van der Waals surface area contributed by atoms with E-state index in [1.54, 1.807) is 11.1 Å². The zero-order valence-corrected chi connectivity index (χ0v) is 27.4. The molecule has 2 fully saturated rings. The Bertz CT molecular complexity index is 1000. The van der Waals surface area contributed by atoms with E-state index in [-0.39, 0.29) is 5.97 Å². The van der Waals surface area contributed by atoms with Gasteiger partial charge in [-0.15, -0.1) is 0 Å². The van der Waals surface area contributed by atoms with Crippen LogP contribution in [0.2, 0.25) is 16.6 Å². The number of allylic oxidation sites excluding steroid dienone is 1. The maximum Gasteiger partial charge on any atom is 0.309 e. The van der Waals surface area contributed by atoms with Crippen LogP contribution in [0.3, 0.4) is 0 Å². The van der Waals surface area contributed by atoms with Crippen LogP contribution in [-0.4, -0.2) is 20.9 Å². The van der Waals surface area contributed by atoms with Crippen LogP contribution in [0.25, 0.3) is 0 Å². The fraction of sp³-hybridized carbons (Fsp3) is 0.743. The molecule has 0 spiro atoms. The molecule has 3 aliphatic carbocycles. The standard InChI is InChI=1S/C35H56O3Si/c1-10-37-34(36)13-11-12-26(8)32-18-19-33-31-16-14-27-22-28(38-39(23(2)3,24(4)5)25(6)7)15-17-29(27)30(31)20-21-35(32,33)9/h11-12,15,17,22-26,30-33H,10,13-14,16,18-21H2,1-9H3/b12-11+/t26-,30-,31-,32-,33+,35-/m1/s1. The molecule has 0 bridgehead atoms. The minimum Gasteiger partial charge on any atom is -0.543 e. The average Bonchev–Trinajstić information content (AvgIpc) is 3.23. The van der Waals surface area contributed by atoms with Crippen molar-refractivity contribution >= 4 is 14.3 Å². The lowest BCUT2D eigenvalue weighted by Crippen LogP contribution is -2.50. The molecule has 2 saturated carbocycles. The zero-order valence-electron chi connectivity index (χ0n) is 26.4. The van der Waals surface area contributed by atoms with Gasteiger partial charge >= 0.3 is 5.97 Å². The maximum absolute atomic E-state index is 11.8. The largest absolute Gasteiger partial charge is 0.543 e. The van der Waals surface area contributed by atoms with Gasteiger partial charge in [-0.05, 0) is 120 Å². The van der Waals surface area contributed by atoms with Crippen molar-refractivity contribution in [3.63, 3.8) is 0 Å². The summed E-state index contributed by atoms with van der Waals surface area (Å²) in [5.74, 6) is 4.55. The van der Waals surface area contributed by atoms with E-state index in [0.717, 1.165) is 17.6 Å². The molecule has 0 amide bonds. The third-order valence-corrected chi connectivity index (χ3v) is 17.4. The highest BCUT2D eigenvalue weighted by Gasteiger charge is 2.55. The minimum absolute atomic E-state index is 0.114. The van der Waals surface area contributed by atoms with Gasteiger partial charge in [-0.3, -0.25) is 4.79 Å². The Balaban J connectivity index is 1.49. The molecule has 0 unspecified atom stereocenters. The summed E-state index contributed by atoms with van der Waals surface area (Å²) in [4.78, 5) is 11.8. The van der Waals surface area contributed by atoms with E-state index >= 15 is 0 Å². The molecule has 1 aromatic carbocycles. The molecule has 4 heteroatoms. The lowest BCUT2D eigenvalue weighted by Gasteiger charge is -2.52. The first-order chi connectivity index (χ1) is 18.5. The number of hydrogen-bond donors (Lipinski definition) is 0. The van der Waals surface area contributed by atoms with E-state index in [0.29, 0.717) is 52.8 Å². The van der Waals surface area contributed by atoms with Crippen LogP contribution in [0.1, 0.15) is 118 Å². The van der Waals surface area contributed by atoms with Crippen molar-refractivity contribution < 1.29 is 14.0 Å². The summed E-state index contributed by atoms with van der Waals surface area (Å²) in [7, 11) is -1.95. The van der Waals surface area contributed by atoms with Gasteiger partial charge in [0.2, 0.25) is 0 Å². The zero-order chi connectivity index (χ0) is 28.5. The number of rotatable bonds is 10. The number of carbonyl (C=O) groups is 1. The molecular formula is C35H56O3Si. The third kappa shape index (κ3) is 5.66. The van der Waals surface area contributed by atoms with Crippen LogP contribution in [0, 0.1) is 29.1 Å². The third-order valence-electron chi connectivity index (χ3n) is 11.4. The molecule has 0 saturated heterocycles. The van der Waals surface area contributed by atoms with E-state index in [1.165, 1.54) is 38.5 Å². The van der Waals surface area contributed by atoms with Crippen molar-refractivity contribution in [3.8, 4) is 5.75 Å².